The summed E-state index contributed by atoms with van der Waals surface area (Å²) in [4.78, 5) is 19.5. The molecule has 0 spiro atoms. The molecule has 2 aliphatic rings. The molecule has 1 aliphatic carbocycles. The van der Waals surface area contributed by atoms with Crippen LogP contribution >= 0.6 is 11.3 Å². The van der Waals surface area contributed by atoms with Gasteiger partial charge in [-0.25, -0.2) is 0 Å². The van der Waals surface area contributed by atoms with Gasteiger partial charge in [-0.1, -0.05) is 0 Å². The van der Waals surface area contributed by atoms with Crippen LogP contribution in [0.15, 0.2) is 36.0 Å². The normalized spacial score (nSPS) is 21.8. The molecule has 1 saturated carbocycles. The van der Waals surface area contributed by atoms with Crippen LogP contribution in [0.3, 0.4) is 0 Å². The number of piperidine rings is 1. The average molecular weight is 351 g/mol. The molecular formula is C20H21N3OS. The van der Waals surface area contributed by atoms with E-state index in [1.54, 1.807) is 0 Å². The molecule has 0 bridgehead atoms. The van der Waals surface area contributed by atoms with E-state index in [9.17, 15) is 4.79 Å². The van der Waals surface area contributed by atoms with Crippen LogP contribution in [0.2, 0.25) is 0 Å². The summed E-state index contributed by atoms with van der Waals surface area (Å²) < 4.78 is 0. The second-order valence-electron chi connectivity index (χ2n) is 7.19. The summed E-state index contributed by atoms with van der Waals surface area (Å²) in [7, 11) is 0. The molecule has 1 unspecified atom stereocenters. The molecule has 4 nitrogen and oxygen atoms in total. The quantitative estimate of drug-likeness (QED) is 0.822. The highest BCUT2D eigenvalue weighted by Gasteiger charge is 2.44. The van der Waals surface area contributed by atoms with Crippen molar-refractivity contribution < 1.29 is 4.79 Å². The van der Waals surface area contributed by atoms with Crippen LogP contribution in [0.4, 0.5) is 0 Å². The van der Waals surface area contributed by atoms with Crippen molar-refractivity contribution in [2.75, 3.05) is 13.1 Å². The van der Waals surface area contributed by atoms with Gasteiger partial charge >= 0.3 is 0 Å². The van der Waals surface area contributed by atoms with Crippen LogP contribution in [-0.4, -0.2) is 28.9 Å². The summed E-state index contributed by atoms with van der Waals surface area (Å²) in [5.74, 6) is 0.531. The van der Waals surface area contributed by atoms with Crippen LogP contribution < -0.4 is 0 Å². The summed E-state index contributed by atoms with van der Waals surface area (Å²) in [5, 5.41) is 11.0. The lowest BCUT2D eigenvalue weighted by molar-refractivity contribution is -0.134. The Morgan fingerprint density at radius 1 is 1.36 bits per heavy atom. The minimum Gasteiger partial charge on any atom is -0.343 e. The molecule has 1 saturated heterocycles. The molecule has 2 fully saturated rings. The van der Waals surface area contributed by atoms with Crippen molar-refractivity contribution in [2.45, 2.75) is 43.4 Å². The monoisotopic (exact) mass is 351 g/mol. The van der Waals surface area contributed by atoms with Crippen LogP contribution in [0.5, 0.6) is 0 Å². The van der Waals surface area contributed by atoms with Crippen molar-refractivity contribution in [3.05, 3.63) is 52.0 Å². The third kappa shape index (κ3) is 3.32. The Morgan fingerprint density at radius 3 is 2.80 bits per heavy atom. The Labute approximate surface area is 152 Å². The Morgan fingerprint density at radius 2 is 2.16 bits per heavy atom. The standard InChI is InChI=1S/C20H21N3OS/c21-13-18-11-16(14-25-18)15-3-9-23(19(24)12-15)10-6-20(4-5-20)17-1-7-22-8-2-17/h1-2,7-8,11,14-15H,3-6,9-10,12H2. The van der Waals surface area contributed by atoms with Gasteiger partial charge in [-0.05, 0) is 71.7 Å². The lowest BCUT2D eigenvalue weighted by atomic mass is 9.89. The first kappa shape index (κ1) is 16.3. The number of hydrogen-bond acceptors (Lipinski definition) is 4. The minimum absolute atomic E-state index is 0.256. The van der Waals surface area contributed by atoms with E-state index in [4.69, 9.17) is 5.26 Å². The van der Waals surface area contributed by atoms with Crippen molar-refractivity contribution in [1.29, 1.82) is 5.26 Å². The van der Waals surface area contributed by atoms with Crippen molar-refractivity contribution in [1.82, 2.24) is 9.88 Å². The summed E-state index contributed by atoms with van der Waals surface area (Å²) in [6.07, 6.45) is 8.77. The number of rotatable bonds is 5. The second kappa shape index (κ2) is 6.61. The molecule has 0 radical (unpaired) electrons. The van der Waals surface area contributed by atoms with Crippen molar-refractivity contribution in [3.63, 3.8) is 0 Å². The Balaban J connectivity index is 1.35. The van der Waals surface area contributed by atoms with Crippen molar-refractivity contribution in [2.24, 2.45) is 0 Å². The summed E-state index contributed by atoms with van der Waals surface area (Å²) >= 11 is 1.47. The third-order valence-corrected chi connectivity index (χ3v) is 6.58. The van der Waals surface area contributed by atoms with Crippen LogP contribution in [0.25, 0.3) is 0 Å². The van der Waals surface area contributed by atoms with Gasteiger partial charge in [-0.15, -0.1) is 11.3 Å². The number of nitriles is 1. The smallest absolute Gasteiger partial charge is 0.223 e. The highest BCUT2D eigenvalue weighted by molar-refractivity contribution is 7.10. The predicted octanol–water partition coefficient (Wildman–Crippen LogP) is 3.84. The van der Waals surface area contributed by atoms with Gasteiger partial charge in [-0.3, -0.25) is 9.78 Å². The van der Waals surface area contributed by atoms with E-state index in [1.165, 1.54) is 29.7 Å². The van der Waals surface area contributed by atoms with E-state index in [0.29, 0.717) is 6.42 Å². The van der Waals surface area contributed by atoms with Gasteiger partial charge in [0.15, 0.2) is 0 Å². The maximum Gasteiger partial charge on any atom is 0.223 e. The van der Waals surface area contributed by atoms with Crippen LogP contribution in [0.1, 0.15) is 54.0 Å². The van der Waals surface area contributed by atoms with Crippen LogP contribution in [-0.2, 0) is 10.2 Å². The molecule has 1 atom stereocenters. The largest absolute Gasteiger partial charge is 0.343 e. The topological polar surface area (TPSA) is 57.0 Å². The van der Waals surface area contributed by atoms with Gasteiger partial charge < -0.3 is 4.90 Å². The molecule has 25 heavy (non-hydrogen) atoms. The second-order valence-corrected chi connectivity index (χ2v) is 8.10. The number of carbonyl (C=O) groups is 1. The van der Waals surface area contributed by atoms with Gasteiger partial charge in [0.2, 0.25) is 5.91 Å². The van der Waals surface area contributed by atoms with E-state index >= 15 is 0 Å². The first-order valence-corrected chi connectivity index (χ1v) is 9.75. The molecule has 128 valence electrons. The Bertz CT molecular complexity index is 804. The maximum atomic E-state index is 12.6. The van der Waals surface area contributed by atoms with Gasteiger partial charge in [0, 0.05) is 31.9 Å². The summed E-state index contributed by atoms with van der Waals surface area (Å²) in [6.45, 7) is 1.68. The molecule has 2 aromatic heterocycles. The maximum absolute atomic E-state index is 12.6. The van der Waals surface area contributed by atoms with Gasteiger partial charge in [0.1, 0.15) is 10.9 Å². The van der Waals surface area contributed by atoms with Crippen molar-refractivity contribution >= 4 is 17.2 Å². The Hall–Kier alpha value is -2.19. The molecule has 1 aliphatic heterocycles. The number of carbonyl (C=O) groups excluding carboxylic acids is 1. The van der Waals surface area contributed by atoms with Gasteiger partial charge in [-0.2, -0.15) is 5.26 Å². The van der Waals surface area contributed by atoms with E-state index in [2.05, 4.69) is 23.2 Å². The van der Waals surface area contributed by atoms with E-state index in [-0.39, 0.29) is 17.2 Å². The number of nitrogens with zero attached hydrogens (tertiary/aromatic N) is 3. The lowest BCUT2D eigenvalue weighted by Gasteiger charge is -2.32. The molecule has 5 heteroatoms. The number of hydrogen-bond donors (Lipinski definition) is 0. The van der Waals surface area contributed by atoms with Crippen LogP contribution in [0, 0.1) is 11.3 Å². The zero-order chi connectivity index (χ0) is 17.3. The number of thiophene rings is 1. The summed E-state index contributed by atoms with van der Waals surface area (Å²) in [5.41, 5.74) is 2.80. The molecular weight excluding hydrogens is 330 g/mol. The van der Waals surface area contributed by atoms with Gasteiger partial charge in [0.05, 0.1) is 0 Å². The lowest BCUT2D eigenvalue weighted by Crippen LogP contribution is -2.39. The minimum atomic E-state index is 0.256. The Kier molecular flexibility index (Phi) is 4.30. The SMILES string of the molecule is N#Cc1cc(C2CCN(CCC3(c4ccncc4)CC3)C(=O)C2)cs1. The molecule has 4 rings (SSSR count). The fourth-order valence-electron chi connectivity index (χ4n) is 3.91. The average Bonchev–Trinajstić information content (AvgIpc) is 3.29. The highest BCUT2D eigenvalue weighted by atomic mass is 32.1. The van der Waals surface area contributed by atoms with E-state index in [0.717, 1.165) is 36.4 Å². The molecule has 0 N–H and O–H groups in total. The first-order valence-electron chi connectivity index (χ1n) is 8.87. The number of aromatic nitrogens is 1. The molecule has 0 aromatic carbocycles. The fourth-order valence-corrected chi connectivity index (χ4v) is 4.69. The zero-order valence-corrected chi connectivity index (χ0v) is 15.0. The number of likely N-dealkylation sites (tertiary alicyclic amines) is 1. The molecule has 1 amide bonds. The third-order valence-electron chi connectivity index (χ3n) is 5.73. The fraction of sp³-hybridized carbons (Fsp3) is 0.450. The van der Waals surface area contributed by atoms with Crippen molar-refractivity contribution in [3.8, 4) is 6.07 Å². The number of amides is 1. The van der Waals surface area contributed by atoms with E-state index < -0.39 is 0 Å². The number of pyridine rings is 1. The van der Waals surface area contributed by atoms with E-state index in [1.807, 2.05) is 28.7 Å². The van der Waals surface area contributed by atoms with Gasteiger partial charge in [0.25, 0.3) is 0 Å². The molecule has 3 heterocycles. The predicted molar refractivity (Wildman–Crippen MR) is 97.4 cm³/mol. The highest BCUT2D eigenvalue weighted by Crippen LogP contribution is 2.51. The molecule has 2 aromatic rings. The summed E-state index contributed by atoms with van der Waals surface area (Å²) in [6, 6.07) is 8.36. The first-order chi connectivity index (χ1) is 12.2. The zero-order valence-electron chi connectivity index (χ0n) is 14.1.